The molecule has 2 aliphatic carbocycles. The Morgan fingerprint density at radius 3 is 2.00 bits per heavy atom. The van der Waals surface area contributed by atoms with Crippen LogP contribution >= 0.6 is 0 Å². The van der Waals surface area contributed by atoms with Gasteiger partial charge in [0, 0.05) is 19.5 Å². The molecular formula is C14H22Zn. The molecule has 0 aromatic carbocycles. The van der Waals surface area contributed by atoms with E-state index in [-0.39, 0.29) is 19.5 Å². The van der Waals surface area contributed by atoms with Gasteiger partial charge in [0.2, 0.25) is 0 Å². The first kappa shape index (κ1) is 17.0. The van der Waals surface area contributed by atoms with Gasteiger partial charge in [0.1, 0.15) is 0 Å². The van der Waals surface area contributed by atoms with Gasteiger partial charge in [-0.25, -0.2) is 0 Å². The number of fused-ring (bicyclic) bond motifs is 2. The fourth-order valence-corrected chi connectivity index (χ4v) is 1.99. The maximum Gasteiger partial charge on any atom is 0 e. The Balaban J connectivity index is 0. The molecular weight excluding hydrogens is 234 g/mol. The van der Waals surface area contributed by atoms with Crippen molar-refractivity contribution in [3.8, 4) is 0 Å². The second-order valence-corrected chi connectivity index (χ2v) is 3.46. The molecule has 2 aliphatic rings. The van der Waals surface area contributed by atoms with Gasteiger partial charge in [-0.1, -0.05) is 29.9 Å². The van der Waals surface area contributed by atoms with Crippen molar-refractivity contribution in [3.63, 3.8) is 0 Å². The Morgan fingerprint density at radius 1 is 1.27 bits per heavy atom. The van der Waals surface area contributed by atoms with Crippen molar-refractivity contribution in [2.75, 3.05) is 0 Å². The molecule has 80 valence electrons. The van der Waals surface area contributed by atoms with Gasteiger partial charge in [0.15, 0.2) is 0 Å². The van der Waals surface area contributed by atoms with E-state index in [2.05, 4.69) is 44.9 Å². The summed E-state index contributed by atoms with van der Waals surface area (Å²) >= 11 is 0. The first-order valence-electron chi connectivity index (χ1n) is 5.22. The monoisotopic (exact) mass is 254 g/mol. The van der Waals surface area contributed by atoms with Crippen molar-refractivity contribution in [1.82, 2.24) is 0 Å². The van der Waals surface area contributed by atoms with E-state index in [4.69, 9.17) is 0 Å². The minimum Gasteiger partial charge on any atom is -0.106 e. The zero-order valence-electron chi connectivity index (χ0n) is 10.2. The summed E-state index contributed by atoms with van der Waals surface area (Å²) in [5.74, 6) is 1.74. The predicted octanol–water partition coefficient (Wildman–Crippen LogP) is 4.52. The molecule has 15 heavy (non-hydrogen) atoms. The van der Waals surface area contributed by atoms with Crippen molar-refractivity contribution in [2.24, 2.45) is 11.8 Å². The summed E-state index contributed by atoms with van der Waals surface area (Å²) in [6, 6.07) is 0. The van der Waals surface area contributed by atoms with E-state index in [0.29, 0.717) is 0 Å². The van der Waals surface area contributed by atoms with Crippen LogP contribution in [0.5, 0.6) is 0 Å². The molecule has 0 saturated heterocycles. The summed E-state index contributed by atoms with van der Waals surface area (Å²) < 4.78 is 0. The smallest absolute Gasteiger partial charge is 0 e. The topological polar surface area (TPSA) is 0 Å². The molecule has 2 unspecified atom stereocenters. The van der Waals surface area contributed by atoms with Crippen LogP contribution in [0.1, 0.15) is 26.7 Å². The van der Waals surface area contributed by atoms with Crippen LogP contribution in [-0.2, 0) is 19.5 Å². The fourth-order valence-electron chi connectivity index (χ4n) is 1.99. The minimum atomic E-state index is 0. The predicted molar refractivity (Wildman–Crippen MR) is 66.2 cm³/mol. The molecule has 0 amide bonds. The summed E-state index contributed by atoms with van der Waals surface area (Å²) in [6.07, 6.45) is 11.5. The summed E-state index contributed by atoms with van der Waals surface area (Å²) in [4.78, 5) is 0. The first-order valence-corrected chi connectivity index (χ1v) is 5.22. The van der Waals surface area contributed by atoms with Gasteiger partial charge in [-0.05, 0) is 38.5 Å². The Kier molecular flexibility index (Phi) is 11.5. The normalized spacial score (nSPS) is 26.9. The summed E-state index contributed by atoms with van der Waals surface area (Å²) in [5.41, 5.74) is 1.67. The zero-order chi connectivity index (χ0) is 11.0. The molecule has 1 saturated carbocycles. The van der Waals surface area contributed by atoms with Gasteiger partial charge in [-0.15, -0.1) is 19.7 Å². The van der Waals surface area contributed by atoms with Crippen molar-refractivity contribution >= 4 is 0 Å². The van der Waals surface area contributed by atoms with Crippen LogP contribution in [0.15, 0.2) is 49.6 Å². The molecule has 2 atom stereocenters. The number of hydrogen-bond acceptors (Lipinski definition) is 0. The molecule has 0 aromatic heterocycles. The molecule has 1 heteroatoms. The fraction of sp³-hybridized carbons (Fsp3) is 0.429. The molecule has 1 fully saturated rings. The van der Waals surface area contributed by atoms with E-state index >= 15 is 0 Å². The SMILES string of the molecule is C/C=C1\CC2C=CC1C2.C=C.C=CC.[Zn]. The van der Waals surface area contributed by atoms with E-state index in [1.54, 1.807) is 11.6 Å². The number of rotatable bonds is 0. The van der Waals surface area contributed by atoms with Gasteiger partial charge in [-0.2, -0.15) is 0 Å². The van der Waals surface area contributed by atoms with E-state index in [1.807, 2.05) is 6.92 Å². The molecule has 2 rings (SSSR count). The zero-order valence-corrected chi connectivity index (χ0v) is 13.2. The molecule has 2 bridgehead atoms. The Labute approximate surface area is 108 Å². The molecule has 0 heterocycles. The van der Waals surface area contributed by atoms with Crippen molar-refractivity contribution in [2.45, 2.75) is 26.7 Å². The summed E-state index contributed by atoms with van der Waals surface area (Å²) in [6.45, 7) is 13.4. The molecule has 0 radical (unpaired) electrons. The van der Waals surface area contributed by atoms with E-state index < -0.39 is 0 Å². The largest absolute Gasteiger partial charge is 0.106 e. The summed E-state index contributed by atoms with van der Waals surface area (Å²) in [5, 5.41) is 0. The van der Waals surface area contributed by atoms with Crippen LogP contribution in [0.3, 0.4) is 0 Å². The maximum atomic E-state index is 3.36. The second kappa shape index (κ2) is 10.1. The van der Waals surface area contributed by atoms with Crippen molar-refractivity contribution < 1.29 is 19.5 Å². The first-order chi connectivity index (χ1) is 6.81. The standard InChI is InChI=1S/C9H12.C3H6.C2H4.Zn/c1-2-8-5-7-3-4-9(8)6-7;1-3-2;1-2;/h2-4,7,9H,5-6H2,1H3;3H,1H2,2H3;1-2H2;/b8-2+;;;. The Bertz CT molecular complexity index is 225. The average Bonchev–Trinajstić information content (AvgIpc) is 2.83. The van der Waals surface area contributed by atoms with E-state index in [9.17, 15) is 0 Å². The third kappa shape index (κ3) is 5.28. The van der Waals surface area contributed by atoms with Gasteiger partial charge < -0.3 is 0 Å². The summed E-state index contributed by atoms with van der Waals surface area (Å²) in [7, 11) is 0. The molecule has 0 N–H and O–H groups in total. The second-order valence-electron chi connectivity index (χ2n) is 3.46. The van der Waals surface area contributed by atoms with Crippen LogP contribution in [0.4, 0.5) is 0 Å². The molecule has 0 spiro atoms. The van der Waals surface area contributed by atoms with Crippen LogP contribution in [0, 0.1) is 11.8 Å². The molecule has 0 nitrogen and oxygen atoms in total. The number of allylic oxidation sites excluding steroid dienone is 5. The average molecular weight is 256 g/mol. The maximum absolute atomic E-state index is 3.36. The molecule has 0 aromatic rings. The van der Waals surface area contributed by atoms with Crippen LogP contribution in [0.2, 0.25) is 0 Å². The third-order valence-electron chi connectivity index (χ3n) is 2.52. The van der Waals surface area contributed by atoms with Crippen LogP contribution < -0.4 is 0 Å². The Hall–Kier alpha value is -0.417. The van der Waals surface area contributed by atoms with E-state index in [1.165, 1.54) is 12.8 Å². The van der Waals surface area contributed by atoms with Crippen LogP contribution in [-0.4, -0.2) is 0 Å². The van der Waals surface area contributed by atoms with Gasteiger partial charge in [0.25, 0.3) is 0 Å². The van der Waals surface area contributed by atoms with Gasteiger partial charge in [0.05, 0.1) is 0 Å². The van der Waals surface area contributed by atoms with Crippen LogP contribution in [0.25, 0.3) is 0 Å². The van der Waals surface area contributed by atoms with Crippen molar-refractivity contribution in [1.29, 1.82) is 0 Å². The van der Waals surface area contributed by atoms with Gasteiger partial charge >= 0.3 is 0 Å². The minimum absolute atomic E-state index is 0. The van der Waals surface area contributed by atoms with Gasteiger partial charge in [-0.3, -0.25) is 0 Å². The number of hydrogen-bond donors (Lipinski definition) is 0. The van der Waals surface area contributed by atoms with Crippen molar-refractivity contribution in [3.05, 3.63) is 49.6 Å². The quantitative estimate of drug-likeness (QED) is 0.441. The van der Waals surface area contributed by atoms with E-state index in [0.717, 1.165) is 11.8 Å². The Morgan fingerprint density at radius 2 is 1.80 bits per heavy atom. The molecule has 0 aliphatic heterocycles. The third-order valence-corrected chi connectivity index (χ3v) is 2.52.